The van der Waals surface area contributed by atoms with Crippen LogP contribution in [0.3, 0.4) is 0 Å². The number of carbonyl (C=O) groups excluding carboxylic acids is 1. The van der Waals surface area contributed by atoms with E-state index in [0.29, 0.717) is 36.7 Å². The van der Waals surface area contributed by atoms with Crippen molar-refractivity contribution in [2.45, 2.75) is 6.54 Å². The summed E-state index contributed by atoms with van der Waals surface area (Å²) in [5.41, 5.74) is 1.90. The summed E-state index contributed by atoms with van der Waals surface area (Å²) in [6.45, 7) is 1.36. The van der Waals surface area contributed by atoms with Crippen LogP contribution in [0.1, 0.15) is 21.9 Å². The molecular weight excluding hydrogens is 392 g/mol. The van der Waals surface area contributed by atoms with Crippen LogP contribution >= 0.6 is 0 Å². The van der Waals surface area contributed by atoms with Crippen molar-refractivity contribution in [1.82, 2.24) is 19.3 Å². The molecular formula is C19H18N6O3S. The summed E-state index contributed by atoms with van der Waals surface area (Å²) in [7, 11) is -2.96. The second-order valence-electron chi connectivity index (χ2n) is 6.76. The maximum atomic E-state index is 12.8. The maximum absolute atomic E-state index is 12.8. The van der Waals surface area contributed by atoms with E-state index in [9.17, 15) is 13.2 Å². The monoisotopic (exact) mass is 410 g/mol. The molecule has 0 spiro atoms. The van der Waals surface area contributed by atoms with Gasteiger partial charge in [-0.05, 0) is 24.3 Å². The summed E-state index contributed by atoms with van der Waals surface area (Å²) in [5.74, 6) is 0.388. The first-order valence-corrected chi connectivity index (χ1v) is 10.8. The van der Waals surface area contributed by atoms with Gasteiger partial charge in [0.05, 0.1) is 28.3 Å². The highest BCUT2D eigenvalue weighted by molar-refractivity contribution is 7.91. The lowest BCUT2D eigenvalue weighted by molar-refractivity contribution is 0.101. The molecule has 148 valence electrons. The highest BCUT2D eigenvalue weighted by Gasteiger charge is 2.24. The number of nitrogens with zero attached hydrogens (tertiary/aromatic N) is 5. The molecule has 0 saturated carbocycles. The van der Waals surface area contributed by atoms with Crippen LogP contribution in [0.15, 0.2) is 42.7 Å². The topological polar surface area (TPSA) is 120 Å². The highest BCUT2D eigenvalue weighted by atomic mass is 32.2. The number of aromatic nitrogens is 3. The molecule has 29 heavy (non-hydrogen) atoms. The molecule has 1 fully saturated rings. The fraction of sp³-hybridized carbons (Fsp3) is 0.263. The molecule has 1 saturated heterocycles. The third-order valence-electron chi connectivity index (χ3n) is 4.77. The molecule has 1 amide bonds. The van der Waals surface area contributed by atoms with Gasteiger partial charge < -0.3 is 5.32 Å². The van der Waals surface area contributed by atoms with Crippen LogP contribution in [0.2, 0.25) is 0 Å². The summed E-state index contributed by atoms with van der Waals surface area (Å²) in [6.07, 6.45) is 3.14. The minimum absolute atomic E-state index is 0.135. The normalized spacial score (nSPS) is 16.4. The second-order valence-corrected chi connectivity index (χ2v) is 9.07. The van der Waals surface area contributed by atoms with Crippen LogP contribution in [-0.2, 0) is 16.4 Å². The Bertz CT molecular complexity index is 1200. The first-order valence-electron chi connectivity index (χ1n) is 9.01. The minimum atomic E-state index is -2.96. The Labute approximate surface area is 167 Å². The van der Waals surface area contributed by atoms with Crippen molar-refractivity contribution in [3.8, 4) is 6.07 Å². The fourth-order valence-corrected chi connectivity index (χ4v) is 4.48. The Kier molecular flexibility index (Phi) is 5.00. The van der Waals surface area contributed by atoms with Crippen LogP contribution in [0, 0.1) is 11.3 Å². The van der Waals surface area contributed by atoms with E-state index in [1.807, 2.05) is 29.2 Å². The number of hydrogen-bond acceptors (Lipinski definition) is 7. The van der Waals surface area contributed by atoms with Gasteiger partial charge in [-0.1, -0.05) is 6.07 Å². The van der Waals surface area contributed by atoms with Crippen molar-refractivity contribution in [3.63, 3.8) is 0 Å². The van der Waals surface area contributed by atoms with E-state index in [0.717, 1.165) is 5.52 Å². The van der Waals surface area contributed by atoms with Crippen molar-refractivity contribution in [3.05, 3.63) is 59.8 Å². The quantitative estimate of drug-likeness (QED) is 0.683. The Morgan fingerprint density at radius 2 is 2.00 bits per heavy atom. The van der Waals surface area contributed by atoms with Crippen molar-refractivity contribution >= 4 is 27.1 Å². The van der Waals surface area contributed by atoms with Crippen LogP contribution in [0.5, 0.6) is 0 Å². The van der Waals surface area contributed by atoms with E-state index in [1.165, 1.54) is 6.20 Å². The Hall–Kier alpha value is -3.29. The Morgan fingerprint density at radius 1 is 1.21 bits per heavy atom. The van der Waals surface area contributed by atoms with Gasteiger partial charge in [0.2, 0.25) is 5.82 Å². The Balaban J connectivity index is 1.58. The zero-order valence-corrected chi connectivity index (χ0v) is 16.3. The number of pyridine rings is 2. The van der Waals surface area contributed by atoms with Gasteiger partial charge in [0.25, 0.3) is 5.91 Å². The molecule has 1 aliphatic heterocycles. The molecule has 0 aromatic carbocycles. The van der Waals surface area contributed by atoms with Gasteiger partial charge in [0.15, 0.2) is 9.84 Å². The molecule has 1 N–H and O–H groups in total. The van der Waals surface area contributed by atoms with Gasteiger partial charge in [-0.15, -0.1) is 0 Å². The number of carbonyl (C=O) groups is 1. The molecule has 9 nitrogen and oxygen atoms in total. The molecule has 0 unspecified atom stereocenters. The van der Waals surface area contributed by atoms with Crippen molar-refractivity contribution in [2.75, 3.05) is 29.9 Å². The van der Waals surface area contributed by atoms with Gasteiger partial charge >= 0.3 is 0 Å². The maximum Gasteiger partial charge on any atom is 0.293 e. The van der Waals surface area contributed by atoms with Crippen LogP contribution in [-0.4, -0.2) is 58.2 Å². The third kappa shape index (κ3) is 4.11. The number of imidazole rings is 1. The predicted octanol–water partition coefficient (Wildman–Crippen LogP) is 1.08. The van der Waals surface area contributed by atoms with Crippen molar-refractivity contribution in [2.24, 2.45) is 0 Å². The smallest absolute Gasteiger partial charge is 0.293 e. The third-order valence-corrected chi connectivity index (χ3v) is 6.38. The summed E-state index contributed by atoms with van der Waals surface area (Å²) in [6, 6.07) is 10.7. The number of anilines is 1. The highest BCUT2D eigenvalue weighted by Crippen LogP contribution is 2.18. The van der Waals surface area contributed by atoms with Crippen molar-refractivity contribution in [1.29, 1.82) is 5.26 Å². The van der Waals surface area contributed by atoms with E-state index in [1.54, 1.807) is 22.7 Å². The lowest BCUT2D eigenvalue weighted by Crippen LogP contribution is -2.39. The van der Waals surface area contributed by atoms with Crippen molar-refractivity contribution < 1.29 is 13.2 Å². The fourth-order valence-electron chi connectivity index (χ4n) is 3.20. The number of amides is 1. The van der Waals surface area contributed by atoms with Crippen LogP contribution < -0.4 is 5.32 Å². The molecule has 0 radical (unpaired) electrons. The number of nitriles is 1. The minimum Gasteiger partial charge on any atom is -0.304 e. The van der Waals surface area contributed by atoms with Gasteiger partial charge in [-0.3, -0.25) is 14.1 Å². The largest absolute Gasteiger partial charge is 0.304 e. The summed E-state index contributed by atoms with van der Waals surface area (Å²) >= 11 is 0. The standard InChI is InChI=1S/C19H18N6O3S/c20-11-14-4-5-17(21-12-14)23-19(26)18-22-15(16-3-1-2-6-25(16)18)13-24-7-9-29(27,28)10-8-24/h1-6,12H,7-10,13H2,(H,21,23,26). The van der Waals surface area contributed by atoms with Gasteiger partial charge in [-0.25, -0.2) is 18.4 Å². The van der Waals surface area contributed by atoms with Crippen LogP contribution in [0.4, 0.5) is 5.82 Å². The second kappa shape index (κ2) is 7.62. The molecule has 4 rings (SSSR count). The van der Waals surface area contributed by atoms with E-state index in [4.69, 9.17) is 5.26 Å². The van der Waals surface area contributed by atoms with Crippen LogP contribution in [0.25, 0.3) is 5.52 Å². The van der Waals surface area contributed by atoms with E-state index in [-0.39, 0.29) is 17.3 Å². The first-order chi connectivity index (χ1) is 13.9. The number of fused-ring (bicyclic) bond motifs is 1. The number of rotatable bonds is 4. The molecule has 10 heteroatoms. The molecule has 4 heterocycles. The average Bonchev–Trinajstić information content (AvgIpc) is 3.09. The first kappa shape index (κ1) is 19.0. The molecule has 0 bridgehead atoms. The van der Waals surface area contributed by atoms with Gasteiger partial charge in [-0.2, -0.15) is 5.26 Å². The summed E-state index contributed by atoms with van der Waals surface area (Å²) < 4.78 is 25.0. The SMILES string of the molecule is N#Cc1ccc(NC(=O)c2nc(CN3CCS(=O)(=O)CC3)c3ccccn23)nc1. The number of hydrogen-bond donors (Lipinski definition) is 1. The van der Waals surface area contributed by atoms with Gasteiger partial charge in [0.1, 0.15) is 11.9 Å². The Morgan fingerprint density at radius 3 is 2.69 bits per heavy atom. The lowest BCUT2D eigenvalue weighted by Gasteiger charge is -2.25. The predicted molar refractivity (Wildman–Crippen MR) is 106 cm³/mol. The summed E-state index contributed by atoms with van der Waals surface area (Å²) in [5, 5.41) is 11.5. The van der Waals surface area contributed by atoms with E-state index < -0.39 is 15.7 Å². The number of nitrogens with one attached hydrogen (secondary N) is 1. The molecule has 0 aliphatic carbocycles. The zero-order chi connectivity index (χ0) is 20.4. The zero-order valence-electron chi connectivity index (χ0n) is 15.4. The molecule has 3 aromatic heterocycles. The summed E-state index contributed by atoms with van der Waals surface area (Å²) in [4.78, 5) is 23.4. The number of sulfone groups is 1. The van der Waals surface area contributed by atoms with E-state index >= 15 is 0 Å². The average molecular weight is 410 g/mol. The van der Waals surface area contributed by atoms with Gasteiger partial charge in [0, 0.05) is 32.0 Å². The molecule has 3 aromatic rings. The van der Waals surface area contributed by atoms with E-state index in [2.05, 4.69) is 15.3 Å². The molecule has 1 aliphatic rings. The molecule has 0 atom stereocenters. The lowest BCUT2D eigenvalue weighted by atomic mass is 10.3.